The molecule has 11 nitrogen and oxygen atoms in total. The monoisotopic (exact) mass is 808 g/mol. The number of anilines is 2. The highest BCUT2D eigenvalue weighted by Gasteiger charge is 2.52. The fourth-order valence-electron chi connectivity index (χ4n) is 9.15. The molecule has 0 bridgehead atoms. The van der Waals surface area contributed by atoms with Crippen LogP contribution in [0, 0.1) is 17.2 Å². The lowest BCUT2D eigenvalue weighted by Gasteiger charge is -2.42. The Balaban J connectivity index is 0.918. The van der Waals surface area contributed by atoms with Crippen LogP contribution in [0.2, 0.25) is 0 Å². The molecule has 1 aliphatic carbocycles. The molecule has 3 heterocycles. The zero-order chi connectivity index (χ0) is 41.2. The van der Waals surface area contributed by atoms with Crippen LogP contribution in [0.3, 0.4) is 0 Å². The van der Waals surface area contributed by atoms with E-state index in [0.717, 1.165) is 69.1 Å². The Labute approximate surface area is 337 Å². The second kappa shape index (κ2) is 17.2. The molecule has 15 heteroatoms. The van der Waals surface area contributed by atoms with Gasteiger partial charge in [0.25, 0.3) is 5.91 Å². The molecule has 2 unspecified atom stereocenters. The first-order chi connectivity index (χ1) is 27.0. The number of likely N-dealkylation sites (tertiary alicyclic amines) is 1. The molecular weight excluding hydrogens is 758 g/mol. The highest BCUT2D eigenvalue weighted by molar-refractivity contribution is 7.80. The Kier molecular flexibility index (Phi) is 12.8. The van der Waals surface area contributed by atoms with Crippen molar-refractivity contribution in [1.29, 1.82) is 5.26 Å². The Morgan fingerprint density at radius 3 is 2.30 bits per heavy atom. The molecule has 4 atom stereocenters. The van der Waals surface area contributed by atoms with E-state index in [1.54, 1.807) is 32.0 Å². The third kappa shape index (κ3) is 9.34. The lowest BCUT2D eigenvalue weighted by Crippen LogP contribution is -2.51. The number of rotatable bonds is 11. The highest BCUT2D eigenvalue weighted by Crippen LogP contribution is 2.42. The second-order valence-corrected chi connectivity index (χ2v) is 16.9. The number of nitrogens with one attached hydrogen (secondary N) is 2. The first-order valence-corrected chi connectivity index (χ1v) is 20.3. The number of nitrogens with zero attached hydrogens (tertiary/aromatic N) is 4. The van der Waals surface area contributed by atoms with Gasteiger partial charge in [0.1, 0.15) is 5.54 Å². The maximum absolute atomic E-state index is 13.7. The summed E-state index contributed by atoms with van der Waals surface area (Å²) in [6, 6.07) is 12.4. The first kappa shape index (κ1) is 42.2. The number of nitriles is 1. The molecule has 1 saturated carbocycles. The van der Waals surface area contributed by atoms with Crippen LogP contribution in [0.1, 0.15) is 115 Å². The van der Waals surface area contributed by atoms with Crippen molar-refractivity contribution in [1.82, 2.24) is 15.1 Å². The van der Waals surface area contributed by atoms with E-state index < -0.39 is 28.7 Å². The smallest absolute Gasteiger partial charge is 0.378 e. The number of ether oxygens (including phenoxy) is 1. The molecule has 6 rings (SSSR count). The minimum absolute atomic E-state index is 0.00765. The number of thiocarbonyl (C=S) groups is 1. The van der Waals surface area contributed by atoms with E-state index in [9.17, 15) is 37.6 Å². The second-order valence-electron chi connectivity index (χ2n) is 16.5. The molecule has 3 aliphatic heterocycles. The van der Waals surface area contributed by atoms with Crippen LogP contribution < -0.4 is 15.5 Å². The van der Waals surface area contributed by atoms with Crippen LogP contribution in [0.5, 0.6) is 0 Å². The number of hydrogen-bond acceptors (Lipinski definition) is 8. The summed E-state index contributed by atoms with van der Waals surface area (Å²) in [5, 5.41) is 14.8. The van der Waals surface area contributed by atoms with Gasteiger partial charge in [-0.25, -0.2) is 0 Å². The van der Waals surface area contributed by atoms with Crippen molar-refractivity contribution in [2.24, 2.45) is 5.92 Å². The Bertz CT molecular complexity index is 1900. The van der Waals surface area contributed by atoms with Gasteiger partial charge in [0, 0.05) is 36.8 Å². The molecule has 2 aromatic carbocycles. The van der Waals surface area contributed by atoms with Crippen molar-refractivity contribution in [2.45, 2.75) is 134 Å². The standard InChI is InChI=1S/C42H51F3N6O5S/c1-25-20-33(21-26(2)49(25)24-37(53)47-30-12-9-28(10-13-30)34-17-18-36(52)48-38(34)54)56-19-5-6-27-7-14-31(15-8-27)51-40(57)50(39(55)41(51,3)4)32-16-11-29(23-46)35(22-32)42(43,44)45/h9-13,16,22,25-27,31,33-34H,5-8,14-15,17-21,24H2,1-4H3,(H,47,53)(H,48,52,54)/t25-,26+,27?,31?,33?,34?. The lowest BCUT2D eigenvalue weighted by molar-refractivity contribution is -0.138. The molecular formula is C42H51F3N6O5S. The van der Waals surface area contributed by atoms with Crippen LogP contribution >= 0.6 is 12.2 Å². The van der Waals surface area contributed by atoms with Gasteiger partial charge in [0.05, 0.1) is 41.5 Å². The van der Waals surface area contributed by atoms with Gasteiger partial charge in [-0.3, -0.25) is 34.3 Å². The first-order valence-electron chi connectivity index (χ1n) is 19.9. The summed E-state index contributed by atoms with van der Waals surface area (Å²) < 4.78 is 47.5. The molecule has 57 heavy (non-hydrogen) atoms. The average molecular weight is 809 g/mol. The van der Waals surface area contributed by atoms with Gasteiger partial charge in [-0.2, -0.15) is 18.4 Å². The molecule has 4 aliphatic rings. The molecule has 4 fully saturated rings. The summed E-state index contributed by atoms with van der Waals surface area (Å²) in [7, 11) is 0. The molecule has 2 N–H and O–H groups in total. The molecule has 0 spiro atoms. The van der Waals surface area contributed by atoms with Gasteiger partial charge >= 0.3 is 6.18 Å². The maximum Gasteiger partial charge on any atom is 0.417 e. The third-order valence-corrected chi connectivity index (χ3v) is 12.6. The number of hydrogen-bond donors (Lipinski definition) is 2. The number of benzene rings is 2. The van der Waals surface area contributed by atoms with Gasteiger partial charge in [0.15, 0.2) is 5.11 Å². The predicted molar refractivity (Wildman–Crippen MR) is 212 cm³/mol. The highest BCUT2D eigenvalue weighted by atomic mass is 32.1. The number of piperidine rings is 2. The number of amides is 4. The minimum atomic E-state index is -4.75. The van der Waals surface area contributed by atoms with Crippen LogP contribution in [0.25, 0.3) is 0 Å². The summed E-state index contributed by atoms with van der Waals surface area (Å²) >= 11 is 5.75. The number of halogens is 3. The van der Waals surface area contributed by atoms with Crippen molar-refractivity contribution < 1.29 is 37.1 Å². The van der Waals surface area contributed by atoms with Crippen molar-refractivity contribution in [3.8, 4) is 6.07 Å². The molecule has 306 valence electrons. The van der Waals surface area contributed by atoms with Crippen LogP contribution in [-0.2, 0) is 30.1 Å². The predicted octanol–water partition coefficient (Wildman–Crippen LogP) is 7.05. The summed E-state index contributed by atoms with van der Waals surface area (Å²) in [4.78, 5) is 55.6. The number of carbonyl (C=O) groups is 4. The fraction of sp³-hybridized carbons (Fsp3) is 0.571. The lowest BCUT2D eigenvalue weighted by atomic mass is 9.82. The summed E-state index contributed by atoms with van der Waals surface area (Å²) in [6.07, 6.45) is 3.23. The van der Waals surface area contributed by atoms with E-state index in [-0.39, 0.29) is 65.2 Å². The Morgan fingerprint density at radius 2 is 1.68 bits per heavy atom. The van der Waals surface area contributed by atoms with Crippen LogP contribution in [-0.4, -0.2) is 81.5 Å². The fourth-order valence-corrected chi connectivity index (χ4v) is 9.72. The van der Waals surface area contributed by atoms with Gasteiger partial charge in [0.2, 0.25) is 17.7 Å². The number of carbonyl (C=O) groups excluding carboxylic acids is 4. The zero-order valence-electron chi connectivity index (χ0n) is 32.9. The summed E-state index contributed by atoms with van der Waals surface area (Å²) in [5.41, 5.74) is -1.16. The minimum Gasteiger partial charge on any atom is -0.378 e. The van der Waals surface area contributed by atoms with Crippen LogP contribution in [0.4, 0.5) is 24.5 Å². The van der Waals surface area contributed by atoms with Gasteiger partial charge in [-0.15, -0.1) is 0 Å². The van der Waals surface area contributed by atoms with E-state index in [2.05, 4.69) is 29.4 Å². The van der Waals surface area contributed by atoms with Crippen molar-refractivity contribution >= 4 is 52.3 Å². The van der Waals surface area contributed by atoms with Crippen molar-refractivity contribution in [3.63, 3.8) is 0 Å². The van der Waals surface area contributed by atoms with E-state index >= 15 is 0 Å². The number of imide groups is 1. The van der Waals surface area contributed by atoms with E-state index in [0.29, 0.717) is 31.1 Å². The summed E-state index contributed by atoms with van der Waals surface area (Å²) in [6.45, 7) is 8.67. The zero-order valence-corrected chi connectivity index (χ0v) is 33.7. The van der Waals surface area contributed by atoms with Gasteiger partial charge in [-0.1, -0.05) is 12.1 Å². The van der Waals surface area contributed by atoms with Gasteiger partial charge in [-0.05, 0) is 140 Å². The molecule has 2 aromatic rings. The van der Waals surface area contributed by atoms with Crippen molar-refractivity contribution in [2.75, 3.05) is 23.4 Å². The average Bonchev–Trinajstić information content (AvgIpc) is 3.33. The maximum atomic E-state index is 13.7. The van der Waals surface area contributed by atoms with E-state index in [1.807, 2.05) is 17.0 Å². The van der Waals surface area contributed by atoms with Crippen LogP contribution in [0.15, 0.2) is 42.5 Å². The van der Waals surface area contributed by atoms with E-state index in [4.69, 9.17) is 17.0 Å². The SMILES string of the molecule is C[C@@H]1CC(OCCCC2CCC(N3C(=S)N(c4ccc(C#N)c(C(F)(F)F)c4)C(=O)C3(C)C)CC2)C[C@H](C)N1CC(=O)Nc1ccc(C2CCC(=O)NC2=O)cc1. The molecule has 4 amide bonds. The van der Waals surface area contributed by atoms with E-state index in [1.165, 1.54) is 11.0 Å². The Morgan fingerprint density at radius 1 is 1.02 bits per heavy atom. The topological polar surface area (TPSA) is 135 Å². The largest absolute Gasteiger partial charge is 0.417 e. The number of alkyl halides is 3. The third-order valence-electron chi connectivity index (χ3n) is 12.2. The quantitative estimate of drug-likeness (QED) is 0.139. The molecule has 0 radical (unpaired) electrons. The molecule has 3 saturated heterocycles. The Hall–Kier alpha value is -4.39. The molecule has 0 aromatic heterocycles. The normalized spacial score (nSPS) is 27.0. The summed E-state index contributed by atoms with van der Waals surface area (Å²) in [5.74, 6) is -0.918. The van der Waals surface area contributed by atoms with Gasteiger partial charge < -0.3 is 15.0 Å². The van der Waals surface area contributed by atoms with Crippen molar-refractivity contribution in [3.05, 3.63) is 59.2 Å².